The van der Waals surface area contributed by atoms with E-state index >= 15 is 0 Å². The molecule has 1 fully saturated rings. The highest BCUT2D eigenvalue weighted by atomic mass is 19.1. The van der Waals surface area contributed by atoms with E-state index in [-0.39, 0.29) is 13.3 Å². The minimum absolute atomic E-state index is 0.182. The molecule has 0 aliphatic carbocycles. The monoisotopic (exact) mass is 189 g/mol. The van der Waals surface area contributed by atoms with Crippen LogP contribution in [0.5, 0.6) is 0 Å². The number of likely N-dealkylation sites (tertiary alicyclic amines) is 1. The molecule has 1 unspecified atom stereocenters. The Hall–Kier alpha value is -0.150. The smallest absolute Gasteiger partial charge is 0.0897 e. The first-order valence-electron chi connectivity index (χ1n) is 5.26. The summed E-state index contributed by atoms with van der Waals surface area (Å²) in [4.78, 5) is 2.35. The molecule has 1 N–H and O–H groups in total. The lowest BCUT2D eigenvalue weighted by molar-refractivity contribution is 0.149. The predicted octanol–water partition coefficient (Wildman–Crippen LogP) is 1.44. The molecular formula is C10H20FNO. The van der Waals surface area contributed by atoms with E-state index in [0.717, 1.165) is 32.5 Å². The van der Waals surface area contributed by atoms with Gasteiger partial charge in [0.2, 0.25) is 0 Å². The number of halogens is 1. The largest absolute Gasteiger partial charge is 0.396 e. The zero-order valence-electron chi connectivity index (χ0n) is 8.21. The zero-order valence-corrected chi connectivity index (χ0v) is 8.21. The molecule has 0 aromatic carbocycles. The average molecular weight is 189 g/mol. The highest BCUT2D eigenvalue weighted by Crippen LogP contribution is 2.19. The summed E-state index contributed by atoms with van der Waals surface area (Å²) < 4.78 is 12.1. The second-order valence-corrected chi connectivity index (χ2v) is 3.86. The van der Waals surface area contributed by atoms with Crippen LogP contribution in [0, 0.1) is 5.92 Å². The fraction of sp³-hybridized carbons (Fsp3) is 1.00. The molecule has 0 radical (unpaired) electrons. The summed E-state index contributed by atoms with van der Waals surface area (Å²) in [6.45, 7) is 3.22. The Morgan fingerprint density at radius 1 is 1.46 bits per heavy atom. The first kappa shape index (κ1) is 10.9. The van der Waals surface area contributed by atoms with Crippen molar-refractivity contribution in [2.24, 2.45) is 5.92 Å². The molecule has 1 rings (SSSR count). The molecule has 0 bridgehead atoms. The average Bonchev–Trinajstić information content (AvgIpc) is 2.16. The number of rotatable bonds is 5. The number of aliphatic hydroxyl groups excluding tert-OH is 1. The molecule has 78 valence electrons. The van der Waals surface area contributed by atoms with E-state index < -0.39 is 0 Å². The van der Waals surface area contributed by atoms with Crippen LogP contribution in [0.3, 0.4) is 0 Å². The van der Waals surface area contributed by atoms with Crippen molar-refractivity contribution in [2.45, 2.75) is 25.7 Å². The fourth-order valence-electron chi connectivity index (χ4n) is 2.04. The minimum atomic E-state index is -0.182. The number of alkyl halides is 1. The van der Waals surface area contributed by atoms with Crippen molar-refractivity contribution < 1.29 is 9.50 Å². The van der Waals surface area contributed by atoms with Crippen LogP contribution in [0.2, 0.25) is 0 Å². The van der Waals surface area contributed by atoms with Crippen LogP contribution in [0.15, 0.2) is 0 Å². The van der Waals surface area contributed by atoms with Gasteiger partial charge < -0.3 is 10.0 Å². The molecule has 2 nitrogen and oxygen atoms in total. The van der Waals surface area contributed by atoms with Gasteiger partial charge in [-0.15, -0.1) is 0 Å². The Morgan fingerprint density at radius 3 is 3.00 bits per heavy atom. The van der Waals surface area contributed by atoms with E-state index in [4.69, 9.17) is 5.11 Å². The van der Waals surface area contributed by atoms with Gasteiger partial charge in [0.1, 0.15) is 0 Å². The van der Waals surface area contributed by atoms with Crippen molar-refractivity contribution >= 4 is 0 Å². The Morgan fingerprint density at radius 2 is 2.31 bits per heavy atom. The van der Waals surface area contributed by atoms with Crippen molar-refractivity contribution in [1.29, 1.82) is 0 Å². The summed E-state index contributed by atoms with van der Waals surface area (Å²) in [6, 6.07) is 0. The lowest BCUT2D eigenvalue weighted by atomic mass is 9.95. The molecule has 0 spiro atoms. The van der Waals surface area contributed by atoms with Gasteiger partial charge in [0.05, 0.1) is 6.67 Å². The van der Waals surface area contributed by atoms with Crippen molar-refractivity contribution in [2.75, 3.05) is 32.9 Å². The standard InChI is InChI=1S/C10H20FNO/c11-5-4-10-3-1-6-12(9-10)7-2-8-13/h10,13H,1-9H2. The number of piperidine rings is 1. The quantitative estimate of drug-likeness (QED) is 0.707. The van der Waals surface area contributed by atoms with E-state index in [1.165, 1.54) is 12.8 Å². The Balaban J connectivity index is 2.16. The van der Waals surface area contributed by atoms with Gasteiger partial charge in [-0.25, -0.2) is 0 Å². The second kappa shape index (κ2) is 6.33. The van der Waals surface area contributed by atoms with Crippen molar-refractivity contribution in [3.8, 4) is 0 Å². The molecule has 1 saturated heterocycles. The number of nitrogens with zero attached hydrogens (tertiary/aromatic N) is 1. The molecule has 3 heteroatoms. The highest BCUT2D eigenvalue weighted by molar-refractivity contribution is 4.72. The molecule has 1 heterocycles. The predicted molar refractivity (Wildman–Crippen MR) is 51.5 cm³/mol. The lowest BCUT2D eigenvalue weighted by Gasteiger charge is -2.32. The molecular weight excluding hydrogens is 169 g/mol. The molecule has 0 saturated carbocycles. The molecule has 1 atom stereocenters. The Kier molecular flexibility index (Phi) is 5.32. The van der Waals surface area contributed by atoms with Gasteiger partial charge in [-0.1, -0.05) is 0 Å². The molecule has 1 aliphatic heterocycles. The number of hydrogen-bond acceptors (Lipinski definition) is 2. The van der Waals surface area contributed by atoms with E-state index in [0.29, 0.717) is 5.92 Å². The summed E-state index contributed by atoms with van der Waals surface area (Å²) in [5.74, 6) is 0.553. The zero-order chi connectivity index (χ0) is 9.52. The normalized spacial score (nSPS) is 24.9. The van der Waals surface area contributed by atoms with Gasteiger partial charge in [0, 0.05) is 19.7 Å². The van der Waals surface area contributed by atoms with Gasteiger partial charge in [-0.05, 0) is 38.1 Å². The third kappa shape index (κ3) is 4.05. The summed E-state index contributed by atoms with van der Waals surface area (Å²) in [5, 5.41) is 8.68. The van der Waals surface area contributed by atoms with Crippen LogP contribution >= 0.6 is 0 Å². The molecule has 13 heavy (non-hydrogen) atoms. The van der Waals surface area contributed by atoms with Crippen molar-refractivity contribution in [1.82, 2.24) is 4.90 Å². The van der Waals surface area contributed by atoms with Gasteiger partial charge in [0.25, 0.3) is 0 Å². The van der Waals surface area contributed by atoms with Crippen LogP contribution in [0.4, 0.5) is 4.39 Å². The maximum Gasteiger partial charge on any atom is 0.0897 e. The molecule has 0 aromatic rings. The second-order valence-electron chi connectivity index (χ2n) is 3.86. The van der Waals surface area contributed by atoms with Gasteiger partial charge in [0.15, 0.2) is 0 Å². The SMILES string of the molecule is OCCCN1CCCC(CCF)C1. The molecule has 1 aliphatic rings. The van der Waals surface area contributed by atoms with Crippen molar-refractivity contribution in [3.63, 3.8) is 0 Å². The maximum atomic E-state index is 12.1. The number of aliphatic hydroxyl groups is 1. The summed E-state index contributed by atoms with van der Waals surface area (Å²) in [6.07, 6.45) is 3.94. The minimum Gasteiger partial charge on any atom is -0.396 e. The van der Waals surface area contributed by atoms with E-state index in [1.54, 1.807) is 0 Å². The van der Waals surface area contributed by atoms with E-state index in [9.17, 15) is 4.39 Å². The summed E-state index contributed by atoms with van der Waals surface area (Å²) in [7, 11) is 0. The topological polar surface area (TPSA) is 23.5 Å². The first-order valence-corrected chi connectivity index (χ1v) is 5.26. The number of hydrogen-bond donors (Lipinski definition) is 1. The summed E-state index contributed by atoms with van der Waals surface area (Å²) >= 11 is 0. The van der Waals surface area contributed by atoms with E-state index in [2.05, 4.69) is 4.90 Å². The van der Waals surface area contributed by atoms with E-state index in [1.807, 2.05) is 0 Å². The Labute approximate surface area is 79.7 Å². The van der Waals surface area contributed by atoms with Crippen LogP contribution in [-0.4, -0.2) is 42.9 Å². The molecule has 0 aromatic heterocycles. The molecule has 0 amide bonds. The van der Waals surface area contributed by atoms with Crippen LogP contribution < -0.4 is 0 Å². The van der Waals surface area contributed by atoms with Crippen LogP contribution in [-0.2, 0) is 0 Å². The van der Waals surface area contributed by atoms with Gasteiger partial charge >= 0.3 is 0 Å². The maximum absolute atomic E-state index is 12.1. The lowest BCUT2D eigenvalue weighted by Crippen LogP contribution is -2.36. The first-order chi connectivity index (χ1) is 6.36. The van der Waals surface area contributed by atoms with Gasteiger partial charge in [-0.2, -0.15) is 0 Å². The van der Waals surface area contributed by atoms with Crippen LogP contribution in [0.25, 0.3) is 0 Å². The third-order valence-electron chi connectivity index (χ3n) is 2.75. The van der Waals surface area contributed by atoms with Crippen molar-refractivity contribution in [3.05, 3.63) is 0 Å². The Bertz CT molecular complexity index is 130. The highest BCUT2D eigenvalue weighted by Gasteiger charge is 2.18. The van der Waals surface area contributed by atoms with Gasteiger partial charge in [-0.3, -0.25) is 4.39 Å². The van der Waals surface area contributed by atoms with Crippen LogP contribution in [0.1, 0.15) is 25.7 Å². The fourth-order valence-corrected chi connectivity index (χ4v) is 2.04. The third-order valence-corrected chi connectivity index (χ3v) is 2.75. The summed E-state index contributed by atoms with van der Waals surface area (Å²) in [5.41, 5.74) is 0.